The number of aryl methyl sites for hydroxylation is 1. The maximum Gasteiger partial charge on any atom is 0.0703 e. The van der Waals surface area contributed by atoms with Crippen molar-refractivity contribution in [2.45, 2.75) is 82.7 Å². The van der Waals surface area contributed by atoms with Crippen LogP contribution >= 0.6 is 11.6 Å². The van der Waals surface area contributed by atoms with Crippen molar-refractivity contribution in [2.24, 2.45) is 0 Å². The summed E-state index contributed by atoms with van der Waals surface area (Å²) in [4.78, 5) is 0. The fourth-order valence-electron chi connectivity index (χ4n) is 4.36. The van der Waals surface area contributed by atoms with Gasteiger partial charge in [-0.2, -0.15) is 5.10 Å². The summed E-state index contributed by atoms with van der Waals surface area (Å²) in [5.41, 5.74) is 3.66. The van der Waals surface area contributed by atoms with Crippen molar-refractivity contribution < 1.29 is 4.74 Å². The second-order valence-electron chi connectivity index (χ2n) is 6.88. The number of ether oxygens (including phenoxy) is 1. The van der Waals surface area contributed by atoms with Crippen LogP contribution in [0.2, 0.25) is 0 Å². The molecule has 2 aliphatic rings. The minimum atomic E-state index is 0.0298. The predicted molar refractivity (Wildman–Crippen MR) is 86.0 cm³/mol. The maximum atomic E-state index is 6.33. The number of hydrogen-bond acceptors (Lipinski definition) is 2. The quantitative estimate of drug-likeness (QED) is 0.730. The summed E-state index contributed by atoms with van der Waals surface area (Å²) in [5.74, 6) is 0. The molecule has 2 unspecified atom stereocenters. The van der Waals surface area contributed by atoms with Crippen LogP contribution < -0.4 is 0 Å². The smallest absolute Gasteiger partial charge is 0.0703 e. The molecule has 4 heteroatoms. The first-order valence-electron chi connectivity index (χ1n) is 8.36. The monoisotopic (exact) mass is 310 g/mol. The van der Waals surface area contributed by atoms with E-state index >= 15 is 0 Å². The van der Waals surface area contributed by atoms with Gasteiger partial charge < -0.3 is 4.74 Å². The minimum absolute atomic E-state index is 0.0298. The Labute approximate surface area is 133 Å². The highest BCUT2D eigenvalue weighted by molar-refractivity contribution is 6.20. The molecule has 0 amide bonds. The maximum absolute atomic E-state index is 6.33. The molecular formula is C17H27ClN2O. The van der Waals surface area contributed by atoms with Crippen molar-refractivity contribution >= 4 is 11.6 Å². The standard InChI is InChI=1S/C17H27ClN2O/c1-12(18)16-13(2)19-20(14(16)3)15-7-10-21-17(11-15)8-5-4-6-9-17/h12,15H,4-11H2,1-3H3. The zero-order valence-electron chi connectivity index (χ0n) is 13.5. The van der Waals surface area contributed by atoms with Gasteiger partial charge in [0.05, 0.1) is 22.7 Å². The average molecular weight is 311 g/mol. The van der Waals surface area contributed by atoms with Gasteiger partial charge in [0.1, 0.15) is 0 Å². The Balaban J connectivity index is 1.85. The summed E-state index contributed by atoms with van der Waals surface area (Å²) in [6, 6.07) is 0.472. The van der Waals surface area contributed by atoms with Crippen LogP contribution in [0.25, 0.3) is 0 Å². The largest absolute Gasteiger partial charge is 0.375 e. The van der Waals surface area contributed by atoms with Crippen molar-refractivity contribution in [3.8, 4) is 0 Å². The van der Waals surface area contributed by atoms with E-state index in [1.165, 1.54) is 43.4 Å². The SMILES string of the molecule is Cc1nn(C2CCOC3(CCCCC3)C2)c(C)c1C(C)Cl. The first-order chi connectivity index (χ1) is 10.0. The Hall–Kier alpha value is -0.540. The van der Waals surface area contributed by atoms with Crippen molar-refractivity contribution in [2.75, 3.05) is 6.61 Å². The van der Waals surface area contributed by atoms with Gasteiger partial charge in [-0.1, -0.05) is 19.3 Å². The summed E-state index contributed by atoms with van der Waals surface area (Å²) in [6.45, 7) is 7.15. The van der Waals surface area contributed by atoms with Crippen LogP contribution in [-0.2, 0) is 4.74 Å². The number of hydrogen-bond donors (Lipinski definition) is 0. The summed E-state index contributed by atoms with van der Waals surface area (Å²) >= 11 is 6.33. The molecule has 1 aromatic heterocycles. The molecule has 1 aromatic rings. The molecule has 1 saturated carbocycles. The molecule has 2 heterocycles. The summed E-state index contributed by atoms with van der Waals surface area (Å²) < 4.78 is 8.45. The molecule has 2 atom stereocenters. The lowest BCUT2D eigenvalue weighted by molar-refractivity contribution is -0.115. The number of aromatic nitrogens is 2. The fraction of sp³-hybridized carbons (Fsp3) is 0.824. The summed E-state index contributed by atoms with van der Waals surface area (Å²) in [7, 11) is 0. The van der Waals surface area contributed by atoms with E-state index < -0.39 is 0 Å². The molecule has 1 aliphatic carbocycles. The third kappa shape index (κ3) is 2.87. The highest BCUT2D eigenvalue weighted by Crippen LogP contribution is 2.43. The molecular weight excluding hydrogens is 284 g/mol. The van der Waals surface area contributed by atoms with Gasteiger partial charge in [-0.25, -0.2) is 0 Å². The highest BCUT2D eigenvalue weighted by atomic mass is 35.5. The second-order valence-corrected chi connectivity index (χ2v) is 7.54. The molecule has 0 N–H and O–H groups in total. The van der Waals surface area contributed by atoms with Gasteiger partial charge in [0.25, 0.3) is 0 Å². The number of nitrogens with zero attached hydrogens (tertiary/aromatic N) is 2. The van der Waals surface area contributed by atoms with E-state index in [4.69, 9.17) is 21.4 Å². The van der Waals surface area contributed by atoms with E-state index in [0.29, 0.717) is 6.04 Å². The van der Waals surface area contributed by atoms with E-state index in [2.05, 4.69) is 18.5 Å². The van der Waals surface area contributed by atoms with Crippen LogP contribution in [0.4, 0.5) is 0 Å². The van der Waals surface area contributed by atoms with Crippen LogP contribution in [0.15, 0.2) is 0 Å². The molecule has 3 rings (SSSR count). The molecule has 1 saturated heterocycles. The first kappa shape index (κ1) is 15.4. The molecule has 0 radical (unpaired) electrons. The molecule has 1 spiro atoms. The topological polar surface area (TPSA) is 27.1 Å². The van der Waals surface area contributed by atoms with E-state index in [-0.39, 0.29) is 11.0 Å². The van der Waals surface area contributed by atoms with Gasteiger partial charge in [-0.3, -0.25) is 4.68 Å². The Bertz CT molecular complexity index is 498. The molecule has 118 valence electrons. The third-order valence-electron chi connectivity index (χ3n) is 5.36. The Morgan fingerprint density at radius 2 is 2.00 bits per heavy atom. The predicted octanol–water partition coefficient (Wildman–Crippen LogP) is 4.85. The third-order valence-corrected chi connectivity index (χ3v) is 5.57. The summed E-state index contributed by atoms with van der Waals surface area (Å²) in [5, 5.41) is 4.84. The van der Waals surface area contributed by atoms with Crippen LogP contribution in [0.1, 0.15) is 80.2 Å². The van der Waals surface area contributed by atoms with E-state index in [0.717, 1.165) is 25.1 Å². The highest BCUT2D eigenvalue weighted by Gasteiger charge is 2.39. The van der Waals surface area contributed by atoms with Crippen molar-refractivity contribution in [3.05, 3.63) is 17.0 Å². The summed E-state index contributed by atoms with van der Waals surface area (Å²) in [6.07, 6.45) is 8.62. The lowest BCUT2D eigenvalue weighted by Gasteiger charge is -2.43. The van der Waals surface area contributed by atoms with Gasteiger partial charge in [-0.15, -0.1) is 11.6 Å². The van der Waals surface area contributed by atoms with E-state index in [1.54, 1.807) is 0 Å². The van der Waals surface area contributed by atoms with Crippen LogP contribution in [0, 0.1) is 13.8 Å². The van der Waals surface area contributed by atoms with Crippen LogP contribution in [-0.4, -0.2) is 22.0 Å². The van der Waals surface area contributed by atoms with Crippen molar-refractivity contribution in [3.63, 3.8) is 0 Å². The molecule has 2 fully saturated rings. The number of alkyl halides is 1. The van der Waals surface area contributed by atoms with Gasteiger partial charge in [0.2, 0.25) is 0 Å². The van der Waals surface area contributed by atoms with Gasteiger partial charge >= 0.3 is 0 Å². The van der Waals surface area contributed by atoms with Crippen molar-refractivity contribution in [1.29, 1.82) is 0 Å². The molecule has 3 nitrogen and oxygen atoms in total. The first-order valence-corrected chi connectivity index (χ1v) is 8.80. The lowest BCUT2D eigenvalue weighted by atomic mass is 9.78. The second kappa shape index (κ2) is 5.92. The molecule has 1 aliphatic heterocycles. The Morgan fingerprint density at radius 1 is 1.29 bits per heavy atom. The Morgan fingerprint density at radius 3 is 2.62 bits per heavy atom. The average Bonchev–Trinajstić information content (AvgIpc) is 2.75. The lowest BCUT2D eigenvalue weighted by Crippen LogP contribution is -2.42. The van der Waals surface area contributed by atoms with Gasteiger partial charge in [-0.05, 0) is 46.5 Å². The van der Waals surface area contributed by atoms with Crippen molar-refractivity contribution in [1.82, 2.24) is 9.78 Å². The zero-order valence-corrected chi connectivity index (χ0v) is 14.2. The molecule has 0 aromatic carbocycles. The molecule has 21 heavy (non-hydrogen) atoms. The minimum Gasteiger partial charge on any atom is -0.375 e. The zero-order chi connectivity index (χ0) is 15.0. The Kier molecular flexibility index (Phi) is 4.33. The van der Waals surface area contributed by atoms with Gasteiger partial charge in [0.15, 0.2) is 0 Å². The van der Waals surface area contributed by atoms with Crippen LogP contribution in [0.5, 0.6) is 0 Å². The van der Waals surface area contributed by atoms with Crippen LogP contribution in [0.3, 0.4) is 0 Å². The van der Waals surface area contributed by atoms with E-state index in [1.807, 2.05) is 6.92 Å². The normalized spacial score (nSPS) is 27.0. The fourth-order valence-corrected chi connectivity index (χ4v) is 4.68. The van der Waals surface area contributed by atoms with E-state index in [9.17, 15) is 0 Å². The molecule has 0 bridgehead atoms. The van der Waals surface area contributed by atoms with Gasteiger partial charge in [0, 0.05) is 17.9 Å². The number of rotatable bonds is 2. The number of halogens is 1.